The Labute approximate surface area is 111 Å². The molecule has 3 nitrogen and oxygen atoms in total. The van der Waals surface area contributed by atoms with Crippen LogP contribution in [0.3, 0.4) is 0 Å². The van der Waals surface area contributed by atoms with Gasteiger partial charge in [-0.15, -0.1) is 0 Å². The Bertz CT molecular complexity index is 303. The van der Waals surface area contributed by atoms with Crippen LogP contribution in [0.15, 0.2) is 30.3 Å². The molecule has 18 heavy (non-hydrogen) atoms. The highest BCUT2D eigenvalue weighted by atomic mass is 16.5. The monoisotopic (exact) mass is 250 g/mol. The van der Waals surface area contributed by atoms with E-state index in [0.29, 0.717) is 12.0 Å². The van der Waals surface area contributed by atoms with Gasteiger partial charge < -0.3 is 15.8 Å². The Hall–Kier alpha value is -0.900. The molecule has 2 atom stereocenters. The predicted molar refractivity (Wildman–Crippen MR) is 76.8 cm³/mol. The number of hydrogen-bond acceptors (Lipinski definition) is 3. The van der Waals surface area contributed by atoms with Crippen LogP contribution in [-0.2, 0) is 4.74 Å². The lowest BCUT2D eigenvalue weighted by Gasteiger charge is -2.20. The summed E-state index contributed by atoms with van der Waals surface area (Å²) in [6, 6.07) is 11.0. The van der Waals surface area contributed by atoms with E-state index >= 15 is 0 Å². The smallest absolute Gasteiger partial charge is 0.0615 e. The summed E-state index contributed by atoms with van der Waals surface area (Å²) in [5.41, 5.74) is 6.93. The van der Waals surface area contributed by atoms with Crippen molar-refractivity contribution in [3.8, 4) is 0 Å². The Kier molecular flexibility index (Phi) is 7.65. The summed E-state index contributed by atoms with van der Waals surface area (Å²) in [7, 11) is 1.75. The van der Waals surface area contributed by atoms with E-state index in [1.165, 1.54) is 5.56 Å². The van der Waals surface area contributed by atoms with Gasteiger partial charge in [-0.3, -0.25) is 0 Å². The highest BCUT2D eigenvalue weighted by Crippen LogP contribution is 2.13. The molecule has 1 rings (SSSR count). The average molecular weight is 250 g/mol. The SMILES string of the molecule is COCC(CCCN)NCC(C)c1ccccc1. The van der Waals surface area contributed by atoms with Gasteiger partial charge in [-0.1, -0.05) is 37.3 Å². The molecule has 0 spiro atoms. The second-order valence-electron chi connectivity index (χ2n) is 4.80. The van der Waals surface area contributed by atoms with Gasteiger partial charge in [0.1, 0.15) is 0 Å². The topological polar surface area (TPSA) is 47.3 Å². The van der Waals surface area contributed by atoms with Crippen molar-refractivity contribution in [1.82, 2.24) is 5.32 Å². The van der Waals surface area contributed by atoms with E-state index in [-0.39, 0.29) is 0 Å². The molecule has 102 valence electrons. The maximum absolute atomic E-state index is 5.55. The largest absolute Gasteiger partial charge is 0.383 e. The average Bonchev–Trinajstić information content (AvgIpc) is 2.42. The molecule has 3 heteroatoms. The fourth-order valence-electron chi connectivity index (χ4n) is 2.05. The van der Waals surface area contributed by atoms with Crippen LogP contribution in [-0.4, -0.2) is 32.8 Å². The number of hydrogen-bond donors (Lipinski definition) is 2. The van der Waals surface area contributed by atoms with Gasteiger partial charge in [0.2, 0.25) is 0 Å². The Morgan fingerprint density at radius 3 is 2.61 bits per heavy atom. The lowest BCUT2D eigenvalue weighted by atomic mass is 10.0. The first-order valence-electron chi connectivity index (χ1n) is 6.75. The first-order valence-corrected chi connectivity index (χ1v) is 6.75. The van der Waals surface area contributed by atoms with Crippen LogP contribution in [0.2, 0.25) is 0 Å². The van der Waals surface area contributed by atoms with Crippen molar-refractivity contribution < 1.29 is 4.74 Å². The van der Waals surface area contributed by atoms with Crippen LogP contribution in [0.5, 0.6) is 0 Å². The van der Waals surface area contributed by atoms with Gasteiger partial charge in [0.15, 0.2) is 0 Å². The molecule has 3 N–H and O–H groups in total. The molecule has 0 amide bonds. The number of methoxy groups -OCH3 is 1. The number of benzene rings is 1. The zero-order chi connectivity index (χ0) is 13.2. The van der Waals surface area contributed by atoms with Gasteiger partial charge in [-0.25, -0.2) is 0 Å². The van der Waals surface area contributed by atoms with Crippen LogP contribution in [0.4, 0.5) is 0 Å². The summed E-state index contributed by atoms with van der Waals surface area (Å²) in [5.74, 6) is 0.517. The van der Waals surface area contributed by atoms with Gasteiger partial charge in [-0.05, 0) is 30.9 Å². The van der Waals surface area contributed by atoms with Gasteiger partial charge >= 0.3 is 0 Å². The van der Waals surface area contributed by atoms with E-state index in [9.17, 15) is 0 Å². The highest BCUT2D eigenvalue weighted by Gasteiger charge is 2.10. The lowest BCUT2D eigenvalue weighted by Crippen LogP contribution is -2.36. The van der Waals surface area contributed by atoms with E-state index < -0.39 is 0 Å². The standard InChI is InChI=1S/C15H26N2O/c1-13(14-7-4-3-5-8-14)11-17-15(12-18-2)9-6-10-16/h3-5,7-8,13,15,17H,6,9-12,16H2,1-2H3. The van der Waals surface area contributed by atoms with Crippen LogP contribution >= 0.6 is 0 Å². The molecular weight excluding hydrogens is 224 g/mol. The molecule has 0 fully saturated rings. The Morgan fingerprint density at radius 2 is 2.00 bits per heavy atom. The summed E-state index contributed by atoms with van der Waals surface area (Å²) in [5, 5.41) is 3.57. The molecule has 0 bridgehead atoms. The highest BCUT2D eigenvalue weighted by molar-refractivity contribution is 5.18. The molecule has 0 aliphatic rings. The Balaban J connectivity index is 2.36. The molecule has 0 saturated carbocycles. The fourth-order valence-corrected chi connectivity index (χ4v) is 2.05. The minimum atomic E-state index is 0.407. The fraction of sp³-hybridized carbons (Fsp3) is 0.600. The second kappa shape index (κ2) is 9.09. The molecule has 0 aliphatic heterocycles. The van der Waals surface area contributed by atoms with Gasteiger partial charge in [0.05, 0.1) is 6.61 Å². The number of ether oxygens (including phenoxy) is 1. The van der Waals surface area contributed by atoms with Crippen molar-refractivity contribution in [1.29, 1.82) is 0 Å². The number of rotatable bonds is 9. The van der Waals surface area contributed by atoms with E-state index in [2.05, 4.69) is 42.6 Å². The van der Waals surface area contributed by atoms with Crippen molar-refractivity contribution in [2.45, 2.75) is 31.7 Å². The van der Waals surface area contributed by atoms with Crippen LogP contribution in [0, 0.1) is 0 Å². The van der Waals surface area contributed by atoms with Gasteiger partial charge in [0, 0.05) is 19.7 Å². The zero-order valence-corrected chi connectivity index (χ0v) is 11.6. The van der Waals surface area contributed by atoms with Crippen molar-refractivity contribution in [3.05, 3.63) is 35.9 Å². The van der Waals surface area contributed by atoms with E-state index in [1.54, 1.807) is 7.11 Å². The maximum Gasteiger partial charge on any atom is 0.0615 e. The summed E-state index contributed by atoms with van der Waals surface area (Å²) >= 11 is 0. The molecule has 0 aliphatic carbocycles. The first kappa shape index (κ1) is 15.2. The minimum Gasteiger partial charge on any atom is -0.383 e. The first-order chi connectivity index (χ1) is 8.77. The third-order valence-electron chi connectivity index (χ3n) is 3.21. The summed E-state index contributed by atoms with van der Waals surface area (Å²) in [4.78, 5) is 0. The van der Waals surface area contributed by atoms with Crippen LogP contribution < -0.4 is 11.1 Å². The molecule has 1 aromatic rings. The molecule has 1 aromatic carbocycles. The lowest BCUT2D eigenvalue weighted by molar-refractivity contribution is 0.161. The maximum atomic E-state index is 5.55. The second-order valence-corrected chi connectivity index (χ2v) is 4.80. The number of nitrogens with one attached hydrogen (secondary N) is 1. The van der Waals surface area contributed by atoms with Gasteiger partial charge in [-0.2, -0.15) is 0 Å². The van der Waals surface area contributed by atoms with E-state index in [0.717, 1.165) is 32.5 Å². The van der Waals surface area contributed by atoms with Gasteiger partial charge in [0.25, 0.3) is 0 Å². The van der Waals surface area contributed by atoms with E-state index in [4.69, 9.17) is 10.5 Å². The molecule has 0 aromatic heterocycles. The van der Waals surface area contributed by atoms with Crippen LogP contribution in [0.25, 0.3) is 0 Å². The predicted octanol–water partition coefficient (Wildman–Crippen LogP) is 2.13. The third-order valence-corrected chi connectivity index (χ3v) is 3.21. The molecule has 2 unspecified atom stereocenters. The summed E-state index contributed by atoms with van der Waals surface area (Å²) in [6.07, 6.45) is 2.12. The quantitative estimate of drug-likeness (QED) is 0.706. The van der Waals surface area contributed by atoms with Crippen molar-refractivity contribution in [2.75, 3.05) is 26.8 Å². The molecular formula is C15H26N2O. The minimum absolute atomic E-state index is 0.407. The molecule has 0 radical (unpaired) electrons. The van der Waals surface area contributed by atoms with E-state index in [1.807, 2.05) is 0 Å². The number of nitrogens with two attached hydrogens (primary N) is 1. The van der Waals surface area contributed by atoms with Crippen molar-refractivity contribution >= 4 is 0 Å². The summed E-state index contributed by atoms with van der Waals surface area (Å²) < 4.78 is 5.24. The van der Waals surface area contributed by atoms with Crippen molar-refractivity contribution in [2.24, 2.45) is 5.73 Å². The third kappa shape index (κ3) is 5.63. The zero-order valence-electron chi connectivity index (χ0n) is 11.6. The summed E-state index contributed by atoms with van der Waals surface area (Å²) in [6.45, 7) is 4.72. The normalized spacial score (nSPS) is 14.4. The van der Waals surface area contributed by atoms with Crippen LogP contribution in [0.1, 0.15) is 31.2 Å². The molecule has 0 heterocycles. The Morgan fingerprint density at radius 1 is 1.28 bits per heavy atom. The van der Waals surface area contributed by atoms with Crippen molar-refractivity contribution in [3.63, 3.8) is 0 Å². The molecule has 0 saturated heterocycles.